The number of ether oxygens (including phenoxy) is 1. The number of hydrogen-bond donors (Lipinski definition) is 2. The lowest BCUT2D eigenvalue weighted by atomic mass is 10.0. The number of hydrogen-bond acceptors (Lipinski definition) is 3. The molecule has 0 saturated heterocycles. The first-order valence-corrected chi connectivity index (χ1v) is 7.33. The number of methoxy groups -OCH3 is 1. The van der Waals surface area contributed by atoms with Crippen molar-refractivity contribution in [2.75, 3.05) is 7.11 Å². The van der Waals surface area contributed by atoms with Crippen molar-refractivity contribution in [2.45, 2.75) is 32.4 Å². The Morgan fingerprint density at radius 1 is 1.14 bits per heavy atom. The molecule has 0 aromatic heterocycles. The average molecular weight is 285 g/mol. The zero-order valence-corrected chi connectivity index (χ0v) is 12.8. The van der Waals surface area contributed by atoms with Crippen LogP contribution in [0.2, 0.25) is 0 Å². The third-order valence-electron chi connectivity index (χ3n) is 3.77. The molecule has 2 rings (SSSR count). The highest BCUT2D eigenvalue weighted by atomic mass is 16.5. The van der Waals surface area contributed by atoms with Crippen LogP contribution >= 0.6 is 0 Å². The second-order valence-electron chi connectivity index (χ2n) is 5.18. The van der Waals surface area contributed by atoms with E-state index in [1.165, 1.54) is 5.56 Å². The first kappa shape index (κ1) is 15.4. The highest BCUT2D eigenvalue weighted by Crippen LogP contribution is 2.29. The summed E-state index contributed by atoms with van der Waals surface area (Å²) in [4.78, 5) is 0. The van der Waals surface area contributed by atoms with Gasteiger partial charge in [0.05, 0.1) is 7.11 Å². The minimum atomic E-state index is 0.118. The van der Waals surface area contributed by atoms with E-state index >= 15 is 0 Å². The summed E-state index contributed by atoms with van der Waals surface area (Å²) >= 11 is 0. The summed E-state index contributed by atoms with van der Waals surface area (Å²) in [5.74, 6) is 1.20. The van der Waals surface area contributed by atoms with Gasteiger partial charge in [0.15, 0.2) is 0 Å². The van der Waals surface area contributed by atoms with Gasteiger partial charge in [-0.15, -0.1) is 0 Å². The maximum Gasteiger partial charge on any atom is 0.120 e. The van der Waals surface area contributed by atoms with Gasteiger partial charge in [0, 0.05) is 17.6 Å². The molecular formula is C18H23NO2. The van der Waals surface area contributed by atoms with Crippen LogP contribution in [0.25, 0.3) is 0 Å². The molecule has 0 heterocycles. The molecule has 0 radical (unpaired) electrons. The molecule has 0 aliphatic rings. The molecule has 3 heteroatoms. The third kappa shape index (κ3) is 3.76. The van der Waals surface area contributed by atoms with Crippen molar-refractivity contribution in [3.05, 3.63) is 59.7 Å². The van der Waals surface area contributed by atoms with E-state index in [9.17, 15) is 5.11 Å². The maximum absolute atomic E-state index is 10.0. The summed E-state index contributed by atoms with van der Waals surface area (Å²) in [6, 6.07) is 15.8. The Hall–Kier alpha value is -2.00. The average Bonchev–Trinajstić information content (AvgIpc) is 2.53. The summed E-state index contributed by atoms with van der Waals surface area (Å²) in [7, 11) is 1.67. The van der Waals surface area contributed by atoms with Crippen LogP contribution < -0.4 is 10.1 Å². The van der Waals surface area contributed by atoms with Crippen LogP contribution in [0.5, 0.6) is 11.5 Å². The van der Waals surface area contributed by atoms with E-state index in [-0.39, 0.29) is 12.1 Å². The molecule has 2 N–H and O–H groups in total. The Balaban J connectivity index is 2.16. The van der Waals surface area contributed by atoms with E-state index in [1.54, 1.807) is 13.2 Å². The molecule has 2 aromatic rings. The topological polar surface area (TPSA) is 41.5 Å². The van der Waals surface area contributed by atoms with Gasteiger partial charge in [-0.25, -0.2) is 0 Å². The van der Waals surface area contributed by atoms with Crippen molar-refractivity contribution in [1.82, 2.24) is 5.32 Å². The molecular weight excluding hydrogens is 262 g/mol. The van der Waals surface area contributed by atoms with Crippen molar-refractivity contribution in [3.63, 3.8) is 0 Å². The van der Waals surface area contributed by atoms with Crippen LogP contribution in [-0.4, -0.2) is 12.2 Å². The van der Waals surface area contributed by atoms with Gasteiger partial charge in [-0.3, -0.25) is 0 Å². The predicted molar refractivity (Wildman–Crippen MR) is 85.7 cm³/mol. The molecule has 2 aromatic carbocycles. The zero-order chi connectivity index (χ0) is 15.2. The fraction of sp³-hybridized carbons (Fsp3) is 0.333. The van der Waals surface area contributed by atoms with Crippen LogP contribution in [0.1, 0.15) is 43.5 Å². The number of para-hydroxylation sites is 1. The summed E-state index contributed by atoms with van der Waals surface area (Å²) < 4.78 is 5.27. The molecule has 0 fully saturated rings. The number of phenols is 1. The molecule has 0 saturated carbocycles. The Labute approximate surface area is 126 Å². The van der Waals surface area contributed by atoms with E-state index in [4.69, 9.17) is 4.74 Å². The summed E-state index contributed by atoms with van der Waals surface area (Å²) in [5.41, 5.74) is 2.11. The summed E-state index contributed by atoms with van der Waals surface area (Å²) in [6.07, 6.45) is 0.909. The van der Waals surface area contributed by atoms with Crippen LogP contribution in [0.15, 0.2) is 48.5 Å². The molecule has 1 unspecified atom stereocenters. The number of phenolic OH excluding ortho intramolecular Hbond substituents is 1. The minimum absolute atomic E-state index is 0.118. The summed E-state index contributed by atoms with van der Waals surface area (Å²) in [5, 5.41) is 13.6. The van der Waals surface area contributed by atoms with Crippen molar-refractivity contribution < 1.29 is 9.84 Å². The number of rotatable bonds is 6. The number of aromatic hydroxyl groups is 1. The molecule has 0 bridgehead atoms. The lowest BCUT2D eigenvalue weighted by Crippen LogP contribution is -2.24. The Morgan fingerprint density at radius 2 is 1.90 bits per heavy atom. The first-order valence-electron chi connectivity index (χ1n) is 7.33. The van der Waals surface area contributed by atoms with Gasteiger partial charge in [0.1, 0.15) is 11.5 Å². The Kier molecular flexibility index (Phi) is 5.23. The van der Waals surface area contributed by atoms with E-state index in [0.29, 0.717) is 5.75 Å². The van der Waals surface area contributed by atoms with Crippen LogP contribution in [0, 0.1) is 0 Å². The monoisotopic (exact) mass is 285 g/mol. The van der Waals surface area contributed by atoms with Crippen molar-refractivity contribution in [2.24, 2.45) is 0 Å². The minimum Gasteiger partial charge on any atom is -0.508 e. The van der Waals surface area contributed by atoms with Crippen molar-refractivity contribution in [3.8, 4) is 11.5 Å². The lowest BCUT2D eigenvalue weighted by Gasteiger charge is -2.24. The molecule has 0 amide bonds. The molecule has 2 atom stereocenters. The summed E-state index contributed by atoms with van der Waals surface area (Å²) in [6.45, 7) is 4.24. The quantitative estimate of drug-likeness (QED) is 0.835. The van der Waals surface area contributed by atoms with Crippen LogP contribution in [-0.2, 0) is 0 Å². The van der Waals surface area contributed by atoms with Crippen molar-refractivity contribution in [1.29, 1.82) is 0 Å². The first-order chi connectivity index (χ1) is 10.2. The fourth-order valence-electron chi connectivity index (χ4n) is 2.52. The Morgan fingerprint density at radius 3 is 2.57 bits per heavy atom. The van der Waals surface area contributed by atoms with Gasteiger partial charge in [-0.2, -0.15) is 0 Å². The SMILES string of the molecule is CCC(N[C@@H](C)c1cccc(OC)c1)c1ccccc1O. The van der Waals surface area contributed by atoms with Gasteiger partial charge >= 0.3 is 0 Å². The zero-order valence-electron chi connectivity index (χ0n) is 12.8. The standard InChI is InChI=1S/C18H23NO2/c1-4-17(16-10-5-6-11-18(16)20)19-13(2)14-8-7-9-15(12-14)21-3/h5-13,17,19-20H,4H2,1-3H3/t13-,17?/m0/s1. The Bertz CT molecular complexity index is 583. The van der Waals surface area contributed by atoms with Crippen LogP contribution in [0.3, 0.4) is 0 Å². The smallest absolute Gasteiger partial charge is 0.120 e. The molecule has 0 aliphatic heterocycles. The second-order valence-corrected chi connectivity index (χ2v) is 5.18. The molecule has 3 nitrogen and oxygen atoms in total. The fourth-order valence-corrected chi connectivity index (χ4v) is 2.52. The van der Waals surface area contributed by atoms with E-state index in [2.05, 4.69) is 25.2 Å². The highest BCUT2D eigenvalue weighted by molar-refractivity contribution is 5.35. The van der Waals surface area contributed by atoms with Crippen molar-refractivity contribution >= 4 is 0 Å². The predicted octanol–water partition coefficient (Wildman–Crippen LogP) is 4.20. The van der Waals surface area contributed by atoms with Gasteiger partial charge < -0.3 is 15.2 Å². The van der Waals surface area contributed by atoms with Gasteiger partial charge in [0.25, 0.3) is 0 Å². The number of nitrogens with one attached hydrogen (secondary N) is 1. The largest absolute Gasteiger partial charge is 0.508 e. The third-order valence-corrected chi connectivity index (χ3v) is 3.77. The van der Waals surface area contributed by atoms with Crippen LogP contribution in [0.4, 0.5) is 0 Å². The maximum atomic E-state index is 10.0. The molecule has 0 spiro atoms. The van der Waals surface area contributed by atoms with E-state index < -0.39 is 0 Å². The molecule has 21 heavy (non-hydrogen) atoms. The number of benzene rings is 2. The van der Waals surface area contributed by atoms with E-state index in [0.717, 1.165) is 17.7 Å². The van der Waals surface area contributed by atoms with E-state index in [1.807, 2.05) is 36.4 Å². The second kappa shape index (κ2) is 7.14. The molecule has 0 aliphatic carbocycles. The van der Waals surface area contributed by atoms with Gasteiger partial charge in [-0.05, 0) is 37.1 Å². The highest BCUT2D eigenvalue weighted by Gasteiger charge is 2.16. The lowest BCUT2D eigenvalue weighted by molar-refractivity contribution is 0.407. The van der Waals surface area contributed by atoms with Gasteiger partial charge in [0.2, 0.25) is 0 Å². The van der Waals surface area contributed by atoms with Gasteiger partial charge in [-0.1, -0.05) is 37.3 Å². The molecule has 112 valence electrons. The normalized spacial score (nSPS) is 13.7.